The molecule has 0 fully saturated rings. The molecule has 10 rings (SSSR count). The normalized spacial score (nSPS) is 11.7. The summed E-state index contributed by atoms with van der Waals surface area (Å²) < 4.78 is 5.10. The minimum atomic E-state index is 1.12. The minimum absolute atomic E-state index is 1.12. The molecule has 0 N–H and O–H groups in total. The van der Waals surface area contributed by atoms with Crippen LogP contribution in [0.15, 0.2) is 182 Å². The van der Waals surface area contributed by atoms with E-state index in [4.69, 9.17) is 0 Å². The number of hydrogen-bond donors (Lipinski definition) is 0. The molecule has 0 aliphatic carbocycles. The van der Waals surface area contributed by atoms with Crippen LogP contribution in [0.4, 0.5) is 17.1 Å². The molecule has 0 unspecified atom stereocenters. The van der Waals surface area contributed by atoms with E-state index in [1.807, 2.05) is 11.3 Å². The molecule has 2 nitrogen and oxygen atoms in total. The van der Waals surface area contributed by atoms with E-state index in [1.54, 1.807) is 0 Å². The molecule has 0 amide bonds. The Hall–Kier alpha value is -6.16. The first-order chi connectivity index (χ1) is 24.3. The Labute approximate surface area is 288 Å². The SMILES string of the molecule is c1ccc(-c2cc3ccccc3c3c2c2cccc(N(c4ccccc4)c4ccc5c(c4)sc4ccccc45)c2n3-c2ccccc2)cc1. The van der Waals surface area contributed by atoms with Gasteiger partial charge in [-0.3, -0.25) is 0 Å². The maximum absolute atomic E-state index is 2.50. The number of thiophene rings is 1. The van der Waals surface area contributed by atoms with Gasteiger partial charge < -0.3 is 9.47 Å². The van der Waals surface area contributed by atoms with Crippen molar-refractivity contribution in [2.45, 2.75) is 0 Å². The summed E-state index contributed by atoms with van der Waals surface area (Å²) in [5, 5.41) is 7.56. The second-order valence-corrected chi connectivity index (χ2v) is 13.6. The molecule has 49 heavy (non-hydrogen) atoms. The maximum atomic E-state index is 2.50. The van der Waals surface area contributed by atoms with Gasteiger partial charge in [-0.2, -0.15) is 0 Å². The van der Waals surface area contributed by atoms with Crippen molar-refractivity contribution in [1.29, 1.82) is 0 Å². The fourth-order valence-electron chi connectivity index (χ4n) is 7.63. The van der Waals surface area contributed by atoms with Crippen LogP contribution in [0.25, 0.3) is 69.6 Å². The zero-order chi connectivity index (χ0) is 32.3. The highest BCUT2D eigenvalue weighted by Gasteiger charge is 2.25. The smallest absolute Gasteiger partial charge is 0.0782 e. The van der Waals surface area contributed by atoms with E-state index in [9.17, 15) is 0 Å². The van der Waals surface area contributed by atoms with Gasteiger partial charge in [-0.1, -0.05) is 127 Å². The van der Waals surface area contributed by atoms with Crippen molar-refractivity contribution < 1.29 is 0 Å². The Morgan fingerprint density at radius 3 is 1.90 bits per heavy atom. The molecule has 0 bridgehead atoms. The van der Waals surface area contributed by atoms with Crippen LogP contribution in [0.5, 0.6) is 0 Å². The van der Waals surface area contributed by atoms with Gasteiger partial charge in [-0.25, -0.2) is 0 Å². The number of para-hydroxylation sites is 3. The third-order valence-electron chi connectivity index (χ3n) is 9.73. The van der Waals surface area contributed by atoms with Crippen LogP contribution in [0.3, 0.4) is 0 Å². The van der Waals surface area contributed by atoms with E-state index in [0.717, 1.165) is 22.7 Å². The lowest BCUT2D eigenvalue weighted by Crippen LogP contribution is -2.11. The summed E-state index contributed by atoms with van der Waals surface area (Å²) in [6, 6.07) is 66.2. The third kappa shape index (κ3) is 4.40. The van der Waals surface area contributed by atoms with Crippen LogP contribution < -0.4 is 4.90 Å². The van der Waals surface area contributed by atoms with E-state index in [0.29, 0.717) is 0 Å². The first kappa shape index (κ1) is 27.9. The molecule has 0 aliphatic heterocycles. The fraction of sp³-hybridized carbons (Fsp3) is 0. The van der Waals surface area contributed by atoms with Gasteiger partial charge in [0, 0.05) is 53.4 Å². The molecule has 0 aliphatic rings. The van der Waals surface area contributed by atoms with Crippen LogP contribution in [0.2, 0.25) is 0 Å². The van der Waals surface area contributed by atoms with E-state index in [1.165, 1.54) is 63.9 Å². The lowest BCUT2D eigenvalue weighted by Gasteiger charge is -2.27. The molecular formula is C46H30N2S. The second-order valence-electron chi connectivity index (χ2n) is 12.5. The second kappa shape index (κ2) is 11.2. The van der Waals surface area contributed by atoms with Crippen LogP contribution in [-0.2, 0) is 0 Å². The average molecular weight is 643 g/mol. The Morgan fingerprint density at radius 2 is 1.08 bits per heavy atom. The lowest BCUT2D eigenvalue weighted by molar-refractivity contribution is 1.17. The summed E-state index contributed by atoms with van der Waals surface area (Å²) in [7, 11) is 0. The predicted octanol–water partition coefficient (Wildman–Crippen LogP) is 13.4. The summed E-state index contributed by atoms with van der Waals surface area (Å²) in [5.74, 6) is 0. The number of fused-ring (bicyclic) bond motifs is 8. The van der Waals surface area contributed by atoms with Gasteiger partial charge >= 0.3 is 0 Å². The highest BCUT2D eigenvalue weighted by molar-refractivity contribution is 7.25. The van der Waals surface area contributed by atoms with Crippen molar-refractivity contribution in [3.63, 3.8) is 0 Å². The first-order valence-corrected chi connectivity index (χ1v) is 17.5. The largest absolute Gasteiger partial charge is 0.308 e. The minimum Gasteiger partial charge on any atom is -0.308 e. The molecule has 2 aromatic heterocycles. The molecule has 230 valence electrons. The zero-order valence-corrected chi connectivity index (χ0v) is 27.4. The van der Waals surface area contributed by atoms with Crippen molar-refractivity contribution >= 4 is 81.1 Å². The number of hydrogen-bond acceptors (Lipinski definition) is 2. The molecular weight excluding hydrogens is 613 g/mol. The Bertz CT molecular complexity index is 2810. The van der Waals surface area contributed by atoms with Crippen LogP contribution in [0, 0.1) is 0 Å². The van der Waals surface area contributed by atoms with Crippen LogP contribution >= 0.6 is 11.3 Å². The van der Waals surface area contributed by atoms with Gasteiger partial charge in [0.15, 0.2) is 0 Å². The van der Waals surface area contributed by atoms with E-state index in [-0.39, 0.29) is 0 Å². The van der Waals surface area contributed by atoms with Gasteiger partial charge in [0.05, 0.1) is 16.7 Å². The molecule has 0 radical (unpaired) electrons. The van der Waals surface area contributed by atoms with E-state index >= 15 is 0 Å². The first-order valence-electron chi connectivity index (χ1n) is 16.7. The van der Waals surface area contributed by atoms with Crippen LogP contribution in [0.1, 0.15) is 0 Å². The Kier molecular flexibility index (Phi) is 6.39. The number of rotatable bonds is 5. The molecule has 8 aromatic carbocycles. The highest BCUT2D eigenvalue weighted by Crippen LogP contribution is 2.48. The monoisotopic (exact) mass is 642 g/mol. The molecule has 2 heterocycles. The summed E-state index contributed by atoms with van der Waals surface area (Å²) in [6.45, 7) is 0. The van der Waals surface area contributed by atoms with Gasteiger partial charge in [0.1, 0.15) is 0 Å². The third-order valence-corrected chi connectivity index (χ3v) is 10.9. The average Bonchev–Trinajstić information content (AvgIpc) is 3.72. The Morgan fingerprint density at radius 1 is 0.429 bits per heavy atom. The van der Waals surface area contributed by atoms with Crippen molar-refractivity contribution in [3.05, 3.63) is 182 Å². The highest BCUT2D eigenvalue weighted by atomic mass is 32.1. The lowest BCUT2D eigenvalue weighted by atomic mass is 9.95. The quantitative estimate of drug-likeness (QED) is 0.181. The van der Waals surface area contributed by atoms with Crippen molar-refractivity contribution in [3.8, 4) is 16.8 Å². The van der Waals surface area contributed by atoms with Crippen LogP contribution in [-0.4, -0.2) is 4.57 Å². The summed E-state index contributed by atoms with van der Waals surface area (Å²) in [4.78, 5) is 2.44. The molecule has 0 spiro atoms. The molecule has 0 saturated heterocycles. The van der Waals surface area contributed by atoms with E-state index < -0.39 is 0 Å². The standard InChI is InChI=1S/C46H30N2S/c1-4-15-31(16-5-1)40-29-32-17-10-11-22-36(32)46-44(40)39-24-14-25-41(45(39)48(46)34-20-8-3-9-21-34)47(33-18-6-2-7-19-33)35-27-28-38-37-23-12-13-26-42(37)49-43(38)30-35/h1-30H. The Balaban J connectivity index is 1.37. The summed E-state index contributed by atoms with van der Waals surface area (Å²) in [6.07, 6.45) is 0. The molecule has 0 atom stereocenters. The van der Waals surface area contributed by atoms with Crippen molar-refractivity contribution in [1.82, 2.24) is 4.57 Å². The number of aromatic nitrogens is 1. The number of anilines is 3. The van der Waals surface area contributed by atoms with Gasteiger partial charge in [0.2, 0.25) is 0 Å². The molecule has 3 heteroatoms. The summed E-state index contributed by atoms with van der Waals surface area (Å²) >= 11 is 1.86. The number of nitrogens with zero attached hydrogens (tertiary/aromatic N) is 2. The van der Waals surface area contributed by atoms with Gasteiger partial charge in [0.25, 0.3) is 0 Å². The molecule has 10 aromatic rings. The topological polar surface area (TPSA) is 8.17 Å². The maximum Gasteiger partial charge on any atom is 0.0782 e. The predicted molar refractivity (Wildman–Crippen MR) is 211 cm³/mol. The zero-order valence-electron chi connectivity index (χ0n) is 26.6. The number of benzene rings is 8. The van der Waals surface area contributed by atoms with Crippen molar-refractivity contribution in [2.24, 2.45) is 0 Å². The fourth-order valence-corrected chi connectivity index (χ4v) is 8.77. The van der Waals surface area contributed by atoms with Gasteiger partial charge in [-0.05, 0) is 71.1 Å². The van der Waals surface area contributed by atoms with E-state index in [2.05, 4.69) is 191 Å². The summed E-state index contributed by atoms with van der Waals surface area (Å²) in [5.41, 5.74) is 9.38. The molecule has 0 saturated carbocycles. The van der Waals surface area contributed by atoms with Crippen molar-refractivity contribution in [2.75, 3.05) is 4.90 Å². The van der Waals surface area contributed by atoms with Gasteiger partial charge in [-0.15, -0.1) is 11.3 Å².